The second kappa shape index (κ2) is 10.5. The van der Waals surface area contributed by atoms with Gasteiger partial charge in [-0.05, 0) is 30.8 Å². The Balaban J connectivity index is 1.89. The van der Waals surface area contributed by atoms with E-state index in [0.29, 0.717) is 15.8 Å². The minimum Gasteiger partial charge on any atom is -0.354 e. The van der Waals surface area contributed by atoms with Crippen LogP contribution in [0.15, 0.2) is 42.5 Å². The van der Waals surface area contributed by atoms with Crippen molar-refractivity contribution < 1.29 is 9.59 Å². The molecular formula is C20H25ClN2O2S. The van der Waals surface area contributed by atoms with Crippen molar-refractivity contribution in [1.29, 1.82) is 0 Å². The molecule has 0 aliphatic rings. The number of hydrogen-bond donors (Lipinski definition) is 1. The average molecular weight is 393 g/mol. The third-order valence-electron chi connectivity index (χ3n) is 4.36. The van der Waals surface area contributed by atoms with E-state index >= 15 is 0 Å². The number of carbonyl (C=O) groups is 2. The molecule has 0 spiro atoms. The number of likely N-dealkylation sites (N-methyl/N-ethyl adjacent to an activating group) is 1. The fraction of sp³-hybridized carbons (Fsp3) is 0.400. The Labute approximate surface area is 164 Å². The van der Waals surface area contributed by atoms with Gasteiger partial charge in [0.05, 0.1) is 15.3 Å². The van der Waals surface area contributed by atoms with Crippen LogP contribution in [0.25, 0.3) is 0 Å². The summed E-state index contributed by atoms with van der Waals surface area (Å²) in [5, 5.41) is 2.99. The maximum Gasteiger partial charge on any atom is 0.220 e. The number of Topliss-reactive ketones (excluding diaryl/α,β-unsaturated/α-hetero) is 1. The Hall–Kier alpha value is -1.69. The van der Waals surface area contributed by atoms with Crippen molar-refractivity contribution in [3.05, 3.63) is 57.2 Å². The van der Waals surface area contributed by atoms with Gasteiger partial charge in [-0.25, -0.2) is 0 Å². The first-order chi connectivity index (χ1) is 12.5. The maximum absolute atomic E-state index is 12.2. The first-order valence-corrected chi connectivity index (χ1v) is 10.1. The van der Waals surface area contributed by atoms with Gasteiger partial charge < -0.3 is 5.32 Å². The zero-order valence-electron chi connectivity index (χ0n) is 15.2. The van der Waals surface area contributed by atoms with E-state index in [-0.39, 0.29) is 30.6 Å². The highest BCUT2D eigenvalue weighted by molar-refractivity contribution is 7.18. The van der Waals surface area contributed by atoms with Gasteiger partial charge in [-0.3, -0.25) is 14.5 Å². The van der Waals surface area contributed by atoms with Gasteiger partial charge in [0.25, 0.3) is 0 Å². The number of ketones is 1. The third kappa shape index (κ3) is 5.94. The fourth-order valence-corrected chi connectivity index (χ4v) is 3.92. The lowest BCUT2D eigenvalue weighted by atomic mass is 10.0. The molecule has 0 radical (unpaired) electrons. The van der Waals surface area contributed by atoms with Crippen molar-refractivity contribution in [2.24, 2.45) is 0 Å². The molecule has 0 saturated heterocycles. The van der Waals surface area contributed by atoms with E-state index in [2.05, 4.69) is 36.2 Å². The Bertz CT molecular complexity index is 714. The van der Waals surface area contributed by atoms with Crippen LogP contribution >= 0.6 is 22.9 Å². The van der Waals surface area contributed by atoms with Crippen LogP contribution in [0.1, 0.15) is 48.0 Å². The molecule has 1 aromatic heterocycles. The molecule has 1 amide bonds. The molecule has 1 atom stereocenters. The maximum atomic E-state index is 12.2. The fourth-order valence-electron chi connectivity index (χ4n) is 2.91. The van der Waals surface area contributed by atoms with Crippen LogP contribution in [0.3, 0.4) is 0 Å². The highest BCUT2D eigenvalue weighted by Gasteiger charge is 2.19. The third-order valence-corrected chi connectivity index (χ3v) is 5.63. The van der Waals surface area contributed by atoms with Crippen LogP contribution in [-0.4, -0.2) is 36.2 Å². The Morgan fingerprint density at radius 1 is 1.08 bits per heavy atom. The Kier molecular flexibility index (Phi) is 8.29. The van der Waals surface area contributed by atoms with Crippen LogP contribution < -0.4 is 5.32 Å². The van der Waals surface area contributed by atoms with E-state index in [4.69, 9.17) is 11.6 Å². The molecule has 0 fully saturated rings. The summed E-state index contributed by atoms with van der Waals surface area (Å²) in [5.41, 5.74) is 1.18. The van der Waals surface area contributed by atoms with Crippen LogP contribution in [0.4, 0.5) is 0 Å². The molecule has 2 rings (SSSR count). The SMILES string of the molecule is CCN(CC)C(CNC(=O)CCC(=O)c1ccc(Cl)s1)c1ccccc1. The van der Waals surface area contributed by atoms with E-state index in [1.54, 1.807) is 12.1 Å². The van der Waals surface area contributed by atoms with E-state index in [1.807, 2.05) is 18.2 Å². The predicted octanol–water partition coefficient (Wildman–Crippen LogP) is 4.56. The molecule has 140 valence electrons. The largest absolute Gasteiger partial charge is 0.354 e. The zero-order chi connectivity index (χ0) is 18.9. The van der Waals surface area contributed by atoms with E-state index in [9.17, 15) is 9.59 Å². The molecule has 0 aliphatic heterocycles. The molecule has 26 heavy (non-hydrogen) atoms. The van der Waals surface area contributed by atoms with Gasteiger partial charge in [-0.1, -0.05) is 55.8 Å². The standard InChI is InChI=1S/C20H25ClN2O2S/c1-3-23(4-2)16(15-8-6-5-7-9-15)14-22-20(25)13-10-17(24)18-11-12-19(21)26-18/h5-9,11-12,16H,3-4,10,13-14H2,1-2H3,(H,22,25). The van der Waals surface area contributed by atoms with Gasteiger partial charge in [-0.15, -0.1) is 11.3 Å². The van der Waals surface area contributed by atoms with Crippen molar-refractivity contribution in [1.82, 2.24) is 10.2 Å². The first kappa shape index (κ1) is 20.6. The van der Waals surface area contributed by atoms with Gasteiger partial charge in [0.1, 0.15) is 0 Å². The van der Waals surface area contributed by atoms with Crippen LogP contribution in [0.5, 0.6) is 0 Å². The van der Waals surface area contributed by atoms with Crippen LogP contribution in [0, 0.1) is 0 Å². The van der Waals surface area contributed by atoms with Crippen molar-refractivity contribution in [2.45, 2.75) is 32.7 Å². The minimum absolute atomic E-state index is 0.0413. The number of benzene rings is 1. The second-order valence-electron chi connectivity index (χ2n) is 5.98. The number of rotatable bonds is 10. The molecule has 0 bridgehead atoms. The smallest absolute Gasteiger partial charge is 0.220 e. The molecule has 1 N–H and O–H groups in total. The lowest BCUT2D eigenvalue weighted by molar-refractivity contribution is -0.121. The lowest BCUT2D eigenvalue weighted by Crippen LogP contribution is -2.38. The number of nitrogens with zero attached hydrogens (tertiary/aromatic N) is 1. The van der Waals surface area contributed by atoms with Crippen LogP contribution in [-0.2, 0) is 4.79 Å². The molecule has 1 aromatic carbocycles. The first-order valence-electron chi connectivity index (χ1n) is 8.89. The molecular weight excluding hydrogens is 368 g/mol. The summed E-state index contributed by atoms with van der Waals surface area (Å²) >= 11 is 7.10. The average Bonchev–Trinajstić information content (AvgIpc) is 3.10. The van der Waals surface area contributed by atoms with Gasteiger partial charge >= 0.3 is 0 Å². The Morgan fingerprint density at radius 3 is 2.35 bits per heavy atom. The van der Waals surface area contributed by atoms with Crippen molar-refractivity contribution >= 4 is 34.6 Å². The van der Waals surface area contributed by atoms with Crippen molar-refractivity contribution in [3.8, 4) is 0 Å². The summed E-state index contributed by atoms with van der Waals surface area (Å²) in [5.74, 6) is -0.144. The predicted molar refractivity (Wildman–Crippen MR) is 108 cm³/mol. The second-order valence-corrected chi connectivity index (χ2v) is 7.69. The Morgan fingerprint density at radius 2 is 1.77 bits per heavy atom. The molecule has 0 saturated carbocycles. The summed E-state index contributed by atoms with van der Waals surface area (Å²) in [6.07, 6.45) is 0.387. The number of carbonyl (C=O) groups excluding carboxylic acids is 2. The molecule has 0 aliphatic carbocycles. The molecule has 1 unspecified atom stereocenters. The summed E-state index contributed by atoms with van der Waals surface area (Å²) in [6.45, 7) is 6.58. The number of amides is 1. The highest BCUT2D eigenvalue weighted by Crippen LogP contribution is 2.23. The van der Waals surface area contributed by atoms with Gasteiger partial charge in [0.15, 0.2) is 5.78 Å². The van der Waals surface area contributed by atoms with Gasteiger partial charge in [0.2, 0.25) is 5.91 Å². The molecule has 1 heterocycles. The summed E-state index contributed by atoms with van der Waals surface area (Å²) in [6, 6.07) is 13.7. The molecule has 6 heteroatoms. The van der Waals surface area contributed by atoms with Crippen molar-refractivity contribution in [3.63, 3.8) is 0 Å². The van der Waals surface area contributed by atoms with Crippen LogP contribution in [0.2, 0.25) is 4.34 Å². The summed E-state index contributed by atoms with van der Waals surface area (Å²) in [7, 11) is 0. The monoisotopic (exact) mass is 392 g/mol. The normalized spacial score (nSPS) is 12.2. The summed E-state index contributed by atoms with van der Waals surface area (Å²) < 4.78 is 0.586. The number of halogens is 1. The van der Waals surface area contributed by atoms with E-state index in [0.717, 1.165) is 13.1 Å². The molecule has 4 nitrogen and oxygen atoms in total. The molecule has 2 aromatic rings. The highest BCUT2D eigenvalue weighted by atomic mass is 35.5. The van der Waals surface area contributed by atoms with E-state index in [1.165, 1.54) is 16.9 Å². The lowest BCUT2D eigenvalue weighted by Gasteiger charge is -2.30. The number of nitrogens with one attached hydrogen (secondary N) is 1. The van der Waals surface area contributed by atoms with Gasteiger partial charge in [-0.2, -0.15) is 0 Å². The topological polar surface area (TPSA) is 49.4 Å². The van der Waals surface area contributed by atoms with Gasteiger partial charge in [0, 0.05) is 19.4 Å². The summed E-state index contributed by atoms with van der Waals surface area (Å²) in [4.78, 5) is 27.2. The zero-order valence-corrected chi connectivity index (χ0v) is 16.8. The van der Waals surface area contributed by atoms with E-state index < -0.39 is 0 Å². The number of hydrogen-bond acceptors (Lipinski definition) is 4. The van der Waals surface area contributed by atoms with Crippen molar-refractivity contribution in [2.75, 3.05) is 19.6 Å². The quantitative estimate of drug-likeness (QED) is 0.603. The number of thiophene rings is 1. The minimum atomic E-state index is -0.103.